The van der Waals surface area contributed by atoms with Crippen molar-refractivity contribution in [3.05, 3.63) is 41.0 Å². The highest BCUT2D eigenvalue weighted by molar-refractivity contribution is 8.00. The molecule has 6 nitrogen and oxygen atoms in total. The lowest BCUT2D eigenvalue weighted by Gasteiger charge is -2.25. The van der Waals surface area contributed by atoms with Crippen molar-refractivity contribution in [1.29, 1.82) is 0 Å². The van der Waals surface area contributed by atoms with Gasteiger partial charge in [-0.1, -0.05) is 43.7 Å². The Bertz CT molecular complexity index is 917. The van der Waals surface area contributed by atoms with Gasteiger partial charge >= 0.3 is 0 Å². The average molecular weight is 404 g/mol. The minimum atomic E-state index is -3.71. The molecule has 1 saturated heterocycles. The maximum absolute atomic E-state index is 12.8. The summed E-state index contributed by atoms with van der Waals surface area (Å²) in [5, 5.41) is 0. The molecule has 1 aromatic carbocycles. The molecule has 0 aromatic heterocycles. The van der Waals surface area contributed by atoms with E-state index in [2.05, 4.69) is 4.40 Å². The monoisotopic (exact) mass is 403 g/mol. The third-order valence-corrected chi connectivity index (χ3v) is 7.07. The van der Waals surface area contributed by atoms with Crippen LogP contribution in [0, 0.1) is 12.8 Å². The molecule has 1 amide bonds. The summed E-state index contributed by atoms with van der Waals surface area (Å²) in [5.74, 6) is 0.719. The molecule has 28 heavy (non-hydrogen) atoms. The number of benzene rings is 1. The van der Waals surface area contributed by atoms with Gasteiger partial charge in [-0.3, -0.25) is 4.79 Å². The molecule has 0 radical (unpaired) electrons. The molecule has 1 fully saturated rings. The predicted molar refractivity (Wildman–Crippen MR) is 112 cm³/mol. The van der Waals surface area contributed by atoms with E-state index in [1.807, 2.05) is 61.8 Å². The molecule has 0 bridgehead atoms. The zero-order chi connectivity index (χ0) is 20.5. The van der Waals surface area contributed by atoms with E-state index < -0.39 is 10.0 Å². The smallest absolute Gasteiger partial charge is 0.285 e. The summed E-state index contributed by atoms with van der Waals surface area (Å²) in [7, 11) is -3.71. The van der Waals surface area contributed by atoms with Crippen molar-refractivity contribution in [2.24, 2.45) is 10.3 Å². The Kier molecular flexibility index (Phi) is 5.93. The molecule has 2 aliphatic heterocycles. The van der Waals surface area contributed by atoms with Crippen molar-refractivity contribution >= 4 is 26.7 Å². The molecule has 1 aromatic rings. The van der Waals surface area contributed by atoms with Gasteiger partial charge in [-0.25, -0.2) is 0 Å². The summed E-state index contributed by atoms with van der Waals surface area (Å²) in [5.41, 5.74) is 2.44. The third kappa shape index (κ3) is 3.99. The standard InChI is InChI=1S/C21H29N3O3S/c1-5-16(3)21(25)24-12-6-11-23(13-14-24)20-17(4)19(28(26,27)22-20)18-9-7-15(2)8-10-18/h7-10,16H,5-6,11-14H2,1-4H3/t16-/m0/s1. The molecule has 0 N–H and O–H groups in total. The van der Waals surface area contributed by atoms with E-state index in [4.69, 9.17) is 0 Å². The molecular formula is C21H29N3O3S. The summed E-state index contributed by atoms with van der Waals surface area (Å²) in [6.07, 6.45) is 1.63. The van der Waals surface area contributed by atoms with Crippen LogP contribution in [0.3, 0.4) is 0 Å². The van der Waals surface area contributed by atoms with Crippen molar-refractivity contribution in [2.75, 3.05) is 26.2 Å². The number of aryl methyl sites for hydroxylation is 1. The SMILES string of the molecule is CC[C@H](C)C(=O)N1CCCN(C2=NS(=O)(=O)C(c3ccc(C)cc3)=C2C)CC1. The second-order valence-corrected chi connectivity index (χ2v) is 9.23. The van der Waals surface area contributed by atoms with Crippen molar-refractivity contribution in [1.82, 2.24) is 9.80 Å². The van der Waals surface area contributed by atoms with Crippen LogP contribution < -0.4 is 0 Å². The van der Waals surface area contributed by atoms with E-state index >= 15 is 0 Å². The Balaban J connectivity index is 1.84. The fraction of sp³-hybridized carbons (Fsp3) is 0.524. The van der Waals surface area contributed by atoms with E-state index in [1.54, 1.807) is 0 Å². The van der Waals surface area contributed by atoms with Gasteiger partial charge in [0.1, 0.15) is 10.7 Å². The largest absolute Gasteiger partial charge is 0.354 e. The first-order valence-corrected chi connectivity index (χ1v) is 11.4. The van der Waals surface area contributed by atoms with Gasteiger partial charge in [0.2, 0.25) is 5.91 Å². The lowest BCUT2D eigenvalue weighted by Crippen LogP contribution is -2.39. The second-order valence-electron chi connectivity index (χ2n) is 7.69. The van der Waals surface area contributed by atoms with Crippen LogP contribution in [0.5, 0.6) is 0 Å². The third-order valence-electron chi connectivity index (χ3n) is 5.60. The van der Waals surface area contributed by atoms with Gasteiger partial charge in [0.15, 0.2) is 0 Å². The maximum atomic E-state index is 12.8. The van der Waals surface area contributed by atoms with Crippen molar-refractivity contribution < 1.29 is 13.2 Å². The highest BCUT2D eigenvalue weighted by Gasteiger charge is 2.34. The fourth-order valence-electron chi connectivity index (χ4n) is 3.72. The van der Waals surface area contributed by atoms with E-state index in [0.29, 0.717) is 48.1 Å². The van der Waals surface area contributed by atoms with Crippen molar-refractivity contribution in [2.45, 2.75) is 40.5 Å². The normalized spacial score (nSPS) is 20.8. The molecule has 2 aliphatic rings. The first-order valence-electron chi connectivity index (χ1n) is 9.91. The summed E-state index contributed by atoms with van der Waals surface area (Å²) >= 11 is 0. The Labute approximate surface area is 168 Å². The van der Waals surface area contributed by atoms with Crippen LogP contribution >= 0.6 is 0 Å². The van der Waals surface area contributed by atoms with Gasteiger partial charge in [0, 0.05) is 37.7 Å². The molecular weight excluding hydrogens is 374 g/mol. The Morgan fingerprint density at radius 2 is 1.79 bits per heavy atom. The zero-order valence-corrected chi connectivity index (χ0v) is 17.9. The number of nitrogens with zero attached hydrogens (tertiary/aromatic N) is 3. The highest BCUT2D eigenvalue weighted by Crippen LogP contribution is 2.34. The van der Waals surface area contributed by atoms with Crippen LogP contribution in [-0.2, 0) is 14.8 Å². The zero-order valence-electron chi connectivity index (χ0n) is 17.1. The maximum Gasteiger partial charge on any atom is 0.285 e. The molecule has 0 unspecified atom stereocenters. The van der Waals surface area contributed by atoms with E-state index in [1.165, 1.54) is 0 Å². The van der Waals surface area contributed by atoms with Gasteiger partial charge in [-0.05, 0) is 32.3 Å². The van der Waals surface area contributed by atoms with Crippen molar-refractivity contribution in [3.8, 4) is 0 Å². The molecule has 0 aliphatic carbocycles. The average Bonchev–Trinajstić information content (AvgIpc) is 2.83. The Morgan fingerprint density at radius 1 is 1.11 bits per heavy atom. The topological polar surface area (TPSA) is 70.1 Å². The van der Waals surface area contributed by atoms with Crippen LogP contribution in [0.4, 0.5) is 0 Å². The second kappa shape index (κ2) is 8.07. The number of hydrogen-bond donors (Lipinski definition) is 0. The van der Waals surface area contributed by atoms with Gasteiger partial charge < -0.3 is 9.80 Å². The molecule has 152 valence electrons. The van der Waals surface area contributed by atoms with Crippen LogP contribution in [0.15, 0.2) is 34.2 Å². The molecule has 1 atom stereocenters. The van der Waals surface area contributed by atoms with Crippen LogP contribution in [0.25, 0.3) is 4.91 Å². The summed E-state index contributed by atoms with van der Waals surface area (Å²) in [6, 6.07) is 7.49. The fourth-order valence-corrected chi connectivity index (χ4v) is 5.21. The number of amides is 1. The van der Waals surface area contributed by atoms with E-state index in [9.17, 15) is 13.2 Å². The number of carbonyl (C=O) groups excluding carboxylic acids is 1. The molecule has 2 heterocycles. The Hall–Kier alpha value is -2.15. The van der Waals surface area contributed by atoms with Gasteiger partial charge in [0.25, 0.3) is 10.0 Å². The van der Waals surface area contributed by atoms with E-state index in [-0.39, 0.29) is 11.8 Å². The lowest BCUT2D eigenvalue weighted by molar-refractivity contribution is -0.134. The number of hydrogen-bond acceptors (Lipinski definition) is 4. The Morgan fingerprint density at radius 3 is 2.43 bits per heavy atom. The van der Waals surface area contributed by atoms with Gasteiger partial charge in [-0.2, -0.15) is 8.42 Å². The first kappa shape index (κ1) is 20.6. The van der Waals surface area contributed by atoms with Crippen LogP contribution in [0.1, 0.15) is 44.7 Å². The first-order chi connectivity index (χ1) is 13.2. The van der Waals surface area contributed by atoms with Gasteiger partial charge in [-0.15, -0.1) is 4.40 Å². The molecule has 0 spiro atoms. The minimum Gasteiger partial charge on any atom is -0.354 e. The van der Waals surface area contributed by atoms with Crippen molar-refractivity contribution in [3.63, 3.8) is 0 Å². The summed E-state index contributed by atoms with van der Waals surface area (Å²) < 4.78 is 29.6. The van der Waals surface area contributed by atoms with Crippen LogP contribution in [-0.4, -0.2) is 56.1 Å². The number of sulfonamides is 1. The quantitative estimate of drug-likeness (QED) is 0.778. The van der Waals surface area contributed by atoms with Gasteiger partial charge in [0.05, 0.1) is 0 Å². The van der Waals surface area contributed by atoms with E-state index in [0.717, 1.165) is 18.4 Å². The molecule has 0 saturated carbocycles. The summed E-state index contributed by atoms with van der Waals surface area (Å²) in [4.78, 5) is 16.7. The lowest BCUT2D eigenvalue weighted by atomic mass is 10.1. The summed E-state index contributed by atoms with van der Waals surface area (Å²) in [6.45, 7) is 10.4. The minimum absolute atomic E-state index is 0.0190. The highest BCUT2D eigenvalue weighted by atomic mass is 32.2. The molecule has 7 heteroatoms. The van der Waals surface area contributed by atoms with Crippen LogP contribution in [0.2, 0.25) is 0 Å². The predicted octanol–water partition coefficient (Wildman–Crippen LogP) is 3.05. The number of amidine groups is 1. The number of carbonyl (C=O) groups is 1. The molecule has 3 rings (SSSR count). The number of rotatable bonds is 3.